The molecule has 3 aromatic rings. The van der Waals surface area contributed by atoms with Gasteiger partial charge >= 0.3 is 0 Å². The zero-order chi connectivity index (χ0) is 21.3. The molecular formula is C23H23N3O3S. The highest BCUT2D eigenvalue weighted by atomic mass is 32.2. The van der Waals surface area contributed by atoms with E-state index in [2.05, 4.69) is 41.1 Å². The summed E-state index contributed by atoms with van der Waals surface area (Å²) < 4.78 is 10.8. The number of anilines is 1. The summed E-state index contributed by atoms with van der Waals surface area (Å²) in [5, 5.41) is 8.49. The number of hydrogen-bond donors (Lipinski definition) is 0. The third-order valence-electron chi connectivity index (χ3n) is 5.32. The molecule has 2 aromatic carbocycles. The predicted octanol–water partition coefficient (Wildman–Crippen LogP) is 4.72. The topological polar surface area (TPSA) is 68.5 Å². The highest BCUT2D eigenvalue weighted by molar-refractivity contribution is 7.99. The van der Waals surface area contributed by atoms with Gasteiger partial charge in [0.15, 0.2) is 5.78 Å². The number of allylic oxidation sites excluding steroid dienone is 2. The normalized spacial score (nSPS) is 16.0. The number of rotatable bonds is 6. The molecule has 2 heterocycles. The first-order valence-corrected chi connectivity index (χ1v) is 10.6. The van der Waals surface area contributed by atoms with Crippen LogP contribution in [0.4, 0.5) is 5.69 Å². The highest BCUT2D eigenvalue weighted by Gasteiger charge is 2.38. The second-order valence-corrected chi connectivity index (χ2v) is 8.51. The van der Waals surface area contributed by atoms with Gasteiger partial charge in [0.05, 0.1) is 12.9 Å². The summed E-state index contributed by atoms with van der Waals surface area (Å²) in [6.45, 7) is 4.28. The van der Waals surface area contributed by atoms with Crippen LogP contribution in [0.2, 0.25) is 0 Å². The molecule has 1 aliphatic rings. The van der Waals surface area contributed by atoms with Crippen LogP contribution in [0, 0.1) is 0 Å². The van der Waals surface area contributed by atoms with Crippen LogP contribution in [0.15, 0.2) is 69.9 Å². The van der Waals surface area contributed by atoms with Crippen molar-refractivity contribution in [1.29, 1.82) is 0 Å². The maximum Gasteiger partial charge on any atom is 0.277 e. The molecule has 0 atom stereocenters. The number of methoxy groups -OCH3 is 1. The van der Waals surface area contributed by atoms with Gasteiger partial charge < -0.3 is 14.1 Å². The van der Waals surface area contributed by atoms with Gasteiger partial charge in [-0.3, -0.25) is 4.79 Å². The van der Waals surface area contributed by atoms with Gasteiger partial charge in [-0.1, -0.05) is 43.8 Å². The molecule has 6 nitrogen and oxygen atoms in total. The number of benzene rings is 2. The Morgan fingerprint density at radius 2 is 1.90 bits per heavy atom. The standard InChI is InChI=1S/C23H23N3O3S/c1-23(2)18-7-5-6-8-19(18)26(3)20(23)13-16(27)14-30-22-25-24-21(29-22)15-9-11-17(28-4)12-10-15/h5-13H,14H2,1-4H3/b20-13-. The molecule has 0 aliphatic carbocycles. The van der Waals surface area contributed by atoms with E-state index in [0.717, 1.165) is 22.7 Å². The number of hydrogen-bond acceptors (Lipinski definition) is 7. The Kier molecular flexibility index (Phi) is 5.39. The molecule has 0 radical (unpaired) electrons. The van der Waals surface area contributed by atoms with Gasteiger partial charge in [0, 0.05) is 35.5 Å². The molecule has 0 spiro atoms. The number of para-hydroxylation sites is 1. The van der Waals surface area contributed by atoms with Crippen LogP contribution in [0.3, 0.4) is 0 Å². The first-order chi connectivity index (χ1) is 14.4. The average Bonchev–Trinajstić information content (AvgIpc) is 3.30. The van der Waals surface area contributed by atoms with Crippen molar-refractivity contribution < 1.29 is 13.9 Å². The Morgan fingerprint density at radius 3 is 2.60 bits per heavy atom. The van der Waals surface area contributed by atoms with E-state index in [4.69, 9.17) is 9.15 Å². The monoisotopic (exact) mass is 421 g/mol. The SMILES string of the molecule is COc1ccc(-c2nnc(SCC(=O)/C=C3\N(C)c4ccccc4C3(C)C)o2)cc1. The van der Waals surface area contributed by atoms with E-state index in [1.54, 1.807) is 13.2 Å². The van der Waals surface area contributed by atoms with E-state index in [-0.39, 0.29) is 17.0 Å². The number of carbonyl (C=O) groups excluding carboxylic acids is 1. The van der Waals surface area contributed by atoms with E-state index in [9.17, 15) is 4.79 Å². The summed E-state index contributed by atoms with van der Waals surface area (Å²) in [4.78, 5) is 14.8. The van der Waals surface area contributed by atoms with Crippen LogP contribution < -0.4 is 9.64 Å². The minimum atomic E-state index is -0.225. The third-order valence-corrected chi connectivity index (χ3v) is 6.16. The lowest BCUT2D eigenvalue weighted by Crippen LogP contribution is -2.24. The maximum atomic E-state index is 12.7. The van der Waals surface area contributed by atoms with Crippen LogP contribution in [-0.4, -0.2) is 35.9 Å². The molecule has 0 saturated carbocycles. The third kappa shape index (κ3) is 3.73. The molecule has 30 heavy (non-hydrogen) atoms. The molecule has 154 valence electrons. The van der Waals surface area contributed by atoms with Crippen molar-refractivity contribution in [3.63, 3.8) is 0 Å². The zero-order valence-electron chi connectivity index (χ0n) is 17.4. The maximum absolute atomic E-state index is 12.7. The number of aromatic nitrogens is 2. The number of carbonyl (C=O) groups is 1. The number of nitrogens with zero attached hydrogens (tertiary/aromatic N) is 3. The van der Waals surface area contributed by atoms with E-state index in [1.807, 2.05) is 43.4 Å². The lowest BCUT2D eigenvalue weighted by atomic mass is 9.83. The van der Waals surface area contributed by atoms with Crippen LogP contribution >= 0.6 is 11.8 Å². The molecule has 1 aromatic heterocycles. The Morgan fingerprint density at radius 1 is 1.17 bits per heavy atom. The van der Waals surface area contributed by atoms with Gasteiger partial charge in [-0.15, -0.1) is 10.2 Å². The van der Waals surface area contributed by atoms with Crippen molar-refractivity contribution in [2.24, 2.45) is 0 Å². The first kappa shape index (κ1) is 20.2. The molecule has 1 aliphatic heterocycles. The minimum Gasteiger partial charge on any atom is -0.497 e. The first-order valence-electron chi connectivity index (χ1n) is 9.59. The Balaban J connectivity index is 1.44. The highest BCUT2D eigenvalue weighted by Crippen LogP contribution is 2.46. The van der Waals surface area contributed by atoms with E-state index < -0.39 is 0 Å². The van der Waals surface area contributed by atoms with Gasteiger partial charge in [0.1, 0.15) is 5.75 Å². The fourth-order valence-corrected chi connectivity index (χ4v) is 4.29. The van der Waals surface area contributed by atoms with Crippen LogP contribution in [-0.2, 0) is 10.2 Å². The summed E-state index contributed by atoms with van der Waals surface area (Å²) in [5.41, 5.74) is 3.92. The van der Waals surface area contributed by atoms with Crippen molar-refractivity contribution in [2.45, 2.75) is 24.5 Å². The Bertz CT molecular complexity index is 1100. The zero-order valence-corrected chi connectivity index (χ0v) is 18.2. The summed E-state index contributed by atoms with van der Waals surface area (Å²) in [7, 11) is 3.62. The lowest BCUT2D eigenvalue weighted by molar-refractivity contribution is -0.112. The van der Waals surface area contributed by atoms with Crippen LogP contribution in [0.25, 0.3) is 11.5 Å². The molecule has 0 saturated heterocycles. The van der Waals surface area contributed by atoms with Crippen LogP contribution in [0.1, 0.15) is 19.4 Å². The second-order valence-electron chi connectivity index (χ2n) is 7.59. The van der Waals surface area contributed by atoms with E-state index in [1.165, 1.54) is 17.3 Å². The molecule has 0 N–H and O–H groups in total. The van der Waals surface area contributed by atoms with E-state index >= 15 is 0 Å². The molecule has 4 rings (SSSR count). The van der Waals surface area contributed by atoms with Crippen molar-refractivity contribution in [2.75, 3.05) is 24.8 Å². The number of likely N-dealkylation sites (N-methyl/N-ethyl adjacent to an activating group) is 1. The number of ether oxygens (including phenoxy) is 1. The Hall–Kier alpha value is -3.06. The van der Waals surface area contributed by atoms with E-state index in [0.29, 0.717) is 11.1 Å². The predicted molar refractivity (Wildman–Crippen MR) is 118 cm³/mol. The summed E-state index contributed by atoms with van der Waals surface area (Å²) in [6.07, 6.45) is 1.73. The Labute approximate surface area is 179 Å². The number of fused-ring (bicyclic) bond motifs is 1. The van der Waals surface area contributed by atoms with Gasteiger partial charge in [-0.2, -0.15) is 0 Å². The summed E-state index contributed by atoms with van der Waals surface area (Å²) >= 11 is 1.24. The van der Waals surface area contributed by atoms with Crippen LogP contribution in [0.5, 0.6) is 5.75 Å². The summed E-state index contributed by atoms with van der Waals surface area (Å²) in [6, 6.07) is 15.6. The van der Waals surface area contributed by atoms with Gasteiger partial charge in [0.25, 0.3) is 5.22 Å². The largest absolute Gasteiger partial charge is 0.497 e. The fraction of sp³-hybridized carbons (Fsp3) is 0.261. The smallest absolute Gasteiger partial charge is 0.277 e. The number of ketones is 1. The average molecular weight is 422 g/mol. The number of thioether (sulfide) groups is 1. The lowest BCUT2D eigenvalue weighted by Gasteiger charge is -2.23. The minimum absolute atomic E-state index is 0.00642. The quantitative estimate of drug-likeness (QED) is 0.421. The van der Waals surface area contributed by atoms with Gasteiger partial charge in [-0.05, 0) is 35.9 Å². The van der Waals surface area contributed by atoms with Crippen molar-refractivity contribution in [1.82, 2.24) is 10.2 Å². The molecule has 7 heteroatoms. The van der Waals surface area contributed by atoms with Crippen molar-refractivity contribution in [3.05, 3.63) is 65.9 Å². The second kappa shape index (κ2) is 7.99. The van der Waals surface area contributed by atoms with Crippen molar-refractivity contribution in [3.8, 4) is 17.2 Å². The molecule has 0 amide bonds. The molecular weight excluding hydrogens is 398 g/mol. The molecule has 0 bridgehead atoms. The van der Waals surface area contributed by atoms with Crippen molar-refractivity contribution >= 4 is 23.2 Å². The van der Waals surface area contributed by atoms with Gasteiger partial charge in [0.2, 0.25) is 5.89 Å². The fourth-order valence-electron chi connectivity index (χ4n) is 3.70. The van der Waals surface area contributed by atoms with Gasteiger partial charge in [-0.25, -0.2) is 0 Å². The molecule has 0 fully saturated rings. The summed E-state index contributed by atoms with van der Waals surface area (Å²) in [5.74, 6) is 1.41. The molecule has 0 unspecified atom stereocenters.